The largest absolute Gasteiger partial charge is 0.370 e. The van der Waals surface area contributed by atoms with Crippen LogP contribution in [-0.2, 0) is 0 Å². The Morgan fingerprint density at radius 1 is 1.19 bits per heavy atom. The van der Waals surface area contributed by atoms with Gasteiger partial charge in [0.05, 0.1) is 11.4 Å². The number of anilines is 1. The van der Waals surface area contributed by atoms with Gasteiger partial charge in [-0.05, 0) is 55.1 Å². The molecule has 21 heavy (non-hydrogen) atoms. The van der Waals surface area contributed by atoms with E-state index in [0.717, 1.165) is 0 Å². The van der Waals surface area contributed by atoms with Crippen molar-refractivity contribution in [3.8, 4) is 0 Å². The highest BCUT2D eigenvalue weighted by atomic mass is 15.1. The van der Waals surface area contributed by atoms with Crippen molar-refractivity contribution >= 4 is 5.69 Å². The topological polar surface area (TPSA) is 16.1 Å². The average molecular weight is 288 g/mol. The van der Waals surface area contributed by atoms with E-state index in [4.69, 9.17) is 4.98 Å². The Bertz CT molecular complexity index is 505. The molecule has 0 spiro atoms. The molecule has 2 rings (SSSR count). The zero-order valence-corrected chi connectivity index (χ0v) is 15.1. The van der Waals surface area contributed by atoms with Crippen LogP contribution in [0.25, 0.3) is 0 Å². The smallest absolute Gasteiger partial charge is 0.0620 e. The maximum atomic E-state index is 4.72. The van der Waals surface area contributed by atoms with Crippen LogP contribution in [0.1, 0.15) is 76.6 Å². The molecule has 0 N–H and O–H groups in total. The second-order valence-corrected chi connectivity index (χ2v) is 7.63. The summed E-state index contributed by atoms with van der Waals surface area (Å²) < 4.78 is 0. The monoisotopic (exact) mass is 288 g/mol. The minimum atomic E-state index is 0.533. The van der Waals surface area contributed by atoms with E-state index in [2.05, 4.69) is 66.6 Å². The lowest BCUT2D eigenvalue weighted by atomic mass is 9.78. The average Bonchev–Trinajstić information content (AvgIpc) is 2.50. The minimum absolute atomic E-state index is 0.533. The lowest BCUT2D eigenvalue weighted by Crippen LogP contribution is -2.34. The van der Waals surface area contributed by atoms with Crippen LogP contribution in [0.3, 0.4) is 0 Å². The molecule has 2 heterocycles. The molecule has 0 amide bonds. The summed E-state index contributed by atoms with van der Waals surface area (Å²) in [5, 5.41) is 0. The molecule has 1 unspecified atom stereocenters. The predicted molar refractivity (Wildman–Crippen MR) is 92.3 cm³/mol. The Kier molecular flexibility index (Phi) is 4.65. The molecule has 0 fully saturated rings. The van der Waals surface area contributed by atoms with Crippen molar-refractivity contribution in [2.24, 2.45) is 11.8 Å². The Morgan fingerprint density at radius 2 is 1.81 bits per heavy atom. The summed E-state index contributed by atoms with van der Waals surface area (Å²) in [5.41, 5.74) is 5.61. The van der Waals surface area contributed by atoms with Crippen LogP contribution in [0, 0.1) is 18.8 Å². The Hall–Kier alpha value is -1.05. The number of hydrogen-bond donors (Lipinski definition) is 0. The summed E-state index contributed by atoms with van der Waals surface area (Å²) in [6.45, 7) is 16.3. The van der Waals surface area contributed by atoms with Gasteiger partial charge in [-0.2, -0.15) is 0 Å². The molecule has 1 aliphatic heterocycles. The third-order valence-electron chi connectivity index (χ3n) is 5.52. The predicted octanol–water partition coefficient (Wildman–Crippen LogP) is 5.12. The van der Waals surface area contributed by atoms with Crippen molar-refractivity contribution in [3.63, 3.8) is 0 Å². The van der Waals surface area contributed by atoms with Gasteiger partial charge in [-0.25, -0.2) is 0 Å². The van der Waals surface area contributed by atoms with Gasteiger partial charge in [0.2, 0.25) is 0 Å². The number of hydrogen-bond acceptors (Lipinski definition) is 2. The highest BCUT2D eigenvalue weighted by Gasteiger charge is 2.34. The molecule has 2 heteroatoms. The summed E-state index contributed by atoms with van der Waals surface area (Å²) in [5.74, 6) is 2.55. The van der Waals surface area contributed by atoms with Gasteiger partial charge >= 0.3 is 0 Å². The van der Waals surface area contributed by atoms with E-state index in [0.29, 0.717) is 29.7 Å². The van der Waals surface area contributed by atoms with Gasteiger partial charge in [-0.1, -0.05) is 34.6 Å². The number of aromatic nitrogens is 1. The maximum Gasteiger partial charge on any atom is 0.0620 e. The fourth-order valence-corrected chi connectivity index (χ4v) is 3.83. The molecule has 0 radical (unpaired) electrons. The second kappa shape index (κ2) is 5.98. The molecule has 1 aliphatic rings. The first-order valence-electron chi connectivity index (χ1n) is 8.47. The molecule has 1 aromatic rings. The van der Waals surface area contributed by atoms with Crippen LogP contribution in [0.2, 0.25) is 0 Å². The van der Waals surface area contributed by atoms with E-state index in [1.54, 1.807) is 5.56 Å². The van der Waals surface area contributed by atoms with Crippen LogP contribution < -0.4 is 4.90 Å². The van der Waals surface area contributed by atoms with Gasteiger partial charge in [-0.15, -0.1) is 0 Å². The van der Waals surface area contributed by atoms with Crippen molar-refractivity contribution < 1.29 is 0 Å². The fraction of sp³-hybridized carbons (Fsp3) is 0.737. The van der Waals surface area contributed by atoms with Gasteiger partial charge in [0.15, 0.2) is 0 Å². The Balaban J connectivity index is 2.74. The van der Waals surface area contributed by atoms with Crippen molar-refractivity contribution in [2.45, 2.75) is 72.8 Å². The van der Waals surface area contributed by atoms with Crippen molar-refractivity contribution in [3.05, 3.63) is 23.0 Å². The zero-order valence-electron chi connectivity index (χ0n) is 15.1. The third-order valence-corrected chi connectivity index (χ3v) is 5.52. The van der Waals surface area contributed by atoms with E-state index < -0.39 is 0 Å². The Morgan fingerprint density at radius 3 is 2.33 bits per heavy atom. The van der Waals surface area contributed by atoms with Gasteiger partial charge < -0.3 is 4.90 Å². The van der Waals surface area contributed by atoms with E-state index >= 15 is 0 Å². The first kappa shape index (κ1) is 16.3. The summed E-state index contributed by atoms with van der Waals surface area (Å²) in [7, 11) is 2.25. The quantitative estimate of drug-likeness (QED) is 0.751. The summed E-state index contributed by atoms with van der Waals surface area (Å²) in [6.07, 6.45) is 3.40. The SMILES string of the molecule is Cc1ncc(C(C)C)c2c1N(C)[C@@H](C)[C@@H](C)CC2C(C)C. The number of nitrogens with zero attached hydrogens (tertiary/aromatic N) is 2. The molecular weight excluding hydrogens is 256 g/mol. The van der Waals surface area contributed by atoms with E-state index in [1.165, 1.54) is 23.4 Å². The van der Waals surface area contributed by atoms with Gasteiger partial charge in [0.1, 0.15) is 0 Å². The molecule has 2 nitrogen and oxygen atoms in total. The number of fused-ring (bicyclic) bond motifs is 1. The summed E-state index contributed by atoms with van der Waals surface area (Å²) >= 11 is 0. The minimum Gasteiger partial charge on any atom is -0.370 e. The number of pyridine rings is 1. The molecular formula is C19H32N2. The lowest BCUT2D eigenvalue weighted by Gasteiger charge is -2.31. The van der Waals surface area contributed by atoms with E-state index in [1.807, 2.05) is 0 Å². The standard InChI is InChI=1S/C19H32N2/c1-11(2)16-9-13(5)15(7)21(8)19-14(6)20-10-17(12(3)4)18(16)19/h10-13,15-16H,9H2,1-8H3/t13-,15-,16?/m0/s1. The van der Waals surface area contributed by atoms with Crippen LogP contribution in [0.5, 0.6) is 0 Å². The molecule has 3 atom stereocenters. The second-order valence-electron chi connectivity index (χ2n) is 7.63. The number of rotatable bonds is 2. The van der Waals surface area contributed by atoms with Crippen LogP contribution >= 0.6 is 0 Å². The number of aryl methyl sites for hydroxylation is 1. The Labute approximate surface area is 131 Å². The van der Waals surface area contributed by atoms with Gasteiger partial charge in [-0.3, -0.25) is 4.98 Å². The molecule has 0 aliphatic carbocycles. The molecule has 1 aromatic heterocycles. The molecule has 0 saturated carbocycles. The van der Waals surface area contributed by atoms with Gasteiger partial charge in [0.25, 0.3) is 0 Å². The zero-order chi connectivity index (χ0) is 15.9. The molecule has 0 bridgehead atoms. The maximum absolute atomic E-state index is 4.72. The summed E-state index contributed by atoms with van der Waals surface area (Å²) in [4.78, 5) is 7.20. The summed E-state index contributed by atoms with van der Waals surface area (Å²) in [6, 6.07) is 0.565. The molecule has 118 valence electrons. The highest BCUT2D eigenvalue weighted by Crippen LogP contribution is 2.46. The molecule has 0 aromatic carbocycles. The van der Waals surface area contributed by atoms with Crippen molar-refractivity contribution in [1.82, 2.24) is 4.98 Å². The van der Waals surface area contributed by atoms with Crippen LogP contribution in [0.15, 0.2) is 6.20 Å². The van der Waals surface area contributed by atoms with Crippen LogP contribution in [0.4, 0.5) is 5.69 Å². The normalized spacial score (nSPS) is 26.2. The van der Waals surface area contributed by atoms with Crippen LogP contribution in [-0.4, -0.2) is 18.1 Å². The van der Waals surface area contributed by atoms with E-state index in [-0.39, 0.29) is 0 Å². The van der Waals surface area contributed by atoms with Gasteiger partial charge in [0, 0.05) is 19.3 Å². The lowest BCUT2D eigenvalue weighted by molar-refractivity contribution is 0.364. The highest BCUT2D eigenvalue weighted by molar-refractivity contribution is 5.62. The third kappa shape index (κ3) is 2.82. The van der Waals surface area contributed by atoms with Crippen molar-refractivity contribution in [2.75, 3.05) is 11.9 Å². The van der Waals surface area contributed by atoms with Crippen molar-refractivity contribution in [1.29, 1.82) is 0 Å². The van der Waals surface area contributed by atoms with E-state index in [9.17, 15) is 0 Å². The first-order chi connectivity index (χ1) is 9.75. The fourth-order valence-electron chi connectivity index (χ4n) is 3.83. The molecule has 0 saturated heterocycles. The first-order valence-corrected chi connectivity index (χ1v) is 8.47.